The van der Waals surface area contributed by atoms with Crippen molar-refractivity contribution in [3.05, 3.63) is 29.8 Å². The van der Waals surface area contributed by atoms with Gasteiger partial charge in [0.1, 0.15) is 0 Å². The minimum atomic E-state index is 0.238. The lowest BCUT2D eigenvalue weighted by molar-refractivity contribution is -0.132. The van der Waals surface area contributed by atoms with E-state index in [0.29, 0.717) is 5.41 Å². The number of likely N-dealkylation sites (tertiary alicyclic amines) is 2. The van der Waals surface area contributed by atoms with Gasteiger partial charge in [0.15, 0.2) is 0 Å². The average molecular weight is 315 g/mol. The first-order valence-electron chi connectivity index (χ1n) is 8.72. The summed E-state index contributed by atoms with van der Waals surface area (Å²) in [5.74, 6) is 0.238. The molecule has 0 radical (unpaired) electrons. The molecule has 0 bridgehead atoms. The summed E-state index contributed by atoms with van der Waals surface area (Å²) < 4.78 is 0. The normalized spacial score (nSPS) is 25.1. The Labute approximate surface area is 140 Å². The minimum Gasteiger partial charge on any atom is -0.378 e. The maximum absolute atomic E-state index is 11.7. The number of benzene rings is 1. The number of nitrogens with zero attached hydrogens (tertiary/aromatic N) is 3. The van der Waals surface area contributed by atoms with Gasteiger partial charge in [0.25, 0.3) is 0 Å². The molecule has 2 aliphatic heterocycles. The van der Waals surface area contributed by atoms with Crippen LogP contribution in [0.15, 0.2) is 24.3 Å². The largest absolute Gasteiger partial charge is 0.378 e. The zero-order valence-electron chi connectivity index (χ0n) is 14.7. The van der Waals surface area contributed by atoms with E-state index in [2.05, 4.69) is 53.1 Å². The topological polar surface area (TPSA) is 26.8 Å². The van der Waals surface area contributed by atoms with Gasteiger partial charge in [-0.25, -0.2) is 0 Å². The summed E-state index contributed by atoms with van der Waals surface area (Å²) in [5, 5.41) is 0. The number of hydrogen-bond donors (Lipinski definition) is 0. The fraction of sp³-hybridized carbons (Fsp3) is 0.632. The van der Waals surface area contributed by atoms with E-state index in [9.17, 15) is 4.79 Å². The van der Waals surface area contributed by atoms with Gasteiger partial charge in [-0.05, 0) is 43.5 Å². The predicted molar refractivity (Wildman–Crippen MR) is 94.6 cm³/mol. The van der Waals surface area contributed by atoms with Crippen LogP contribution in [0.4, 0.5) is 5.69 Å². The molecule has 0 N–H and O–H groups in total. The van der Waals surface area contributed by atoms with Crippen LogP contribution in [0.1, 0.15) is 31.7 Å². The van der Waals surface area contributed by atoms with Crippen LogP contribution in [0.5, 0.6) is 0 Å². The van der Waals surface area contributed by atoms with Gasteiger partial charge in [0.05, 0.1) is 0 Å². The summed E-state index contributed by atoms with van der Waals surface area (Å²) in [5.41, 5.74) is 2.97. The molecule has 2 aliphatic rings. The zero-order chi connectivity index (χ0) is 16.4. The van der Waals surface area contributed by atoms with Crippen molar-refractivity contribution < 1.29 is 4.79 Å². The second kappa shape index (κ2) is 6.52. The number of amides is 1. The second-order valence-corrected chi connectivity index (χ2v) is 7.57. The molecule has 1 atom stereocenters. The highest BCUT2D eigenvalue weighted by Gasteiger charge is 2.41. The second-order valence-electron chi connectivity index (χ2n) is 7.57. The van der Waals surface area contributed by atoms with Gasteiger partial charge in [-0.3, -0.25) is 9.69 Å². The fourth-order valence-corrected chi connectivity index (χ4v) is 4.13. The standard InChI is InChI=1S/C19H29N3O/c1-16(23)22-11-4-9-19(15-22)10-12-21(14-19)13-17-5-7-18(8-6-17)20(2)3/h5-8H,4,9-15H2,1-3H3/t19-/m0/s1. The van der Waals surface area contributed by atoms with Crippen molar-refractivity contribution in [3.8, 4) is 0 Å². The Kier molecular flexibility index (Phi) is 4.62. The van der Waals surface area contributed by atoms with Gasteiger partial charge in [-0.15, -0.1) is 0 Å². The van der Waals surface area contributed by atoms with Gasteiger partial charge in [0.2, 0.25) is 5.91 Å². The highest BCUT2D eigenvalue weighted by molar-refractivity contribution is 5.73. The first-order valence-corrected chi connectivity index (χ1v) is 8.72. The number of rotatable bonds is 3. The van der Waals surface area contributed by atoms with Crippen molar-refractivity contribution in [1.82, 2.24) is 9.80 Å². The Hall–Kier alpha value is -1.55. The van der Waals surface area contributed by atoms with Crippen molar-refractivity contribution in [1.29, 1.82) is 0 Å². The van der Waals surface area contributed by atoms with Crippen molar-refractivity contribution in [2.45, 2.75) is 32.7 Å². The number of piperidine rings is 1. The summed E-state index contributed by atoms with van der Waals surface area (Å²) >= 11 is 0. The summed E-state index contributed by atoms with van der Waals surface area (Å²) in [6.07, 6.45) is 3.66. The van der Waals surface area contributed by atoms with E-state index >= 15 is 0 Å². The molecule has 1 spiro atoms. The lowest BCUT2D eigenvalue weighted by Gasteiger charge is -2.40. The van der Waals surface area contributed by atoms with Gasteiger partial charge < -0.3 is 9.80 Å². The van der Waals surface area contributed by atoms with Gasteiger partial charge >= 0.3 is 0 Å². The summed E-state index contributed by atoms with van der Waals surface area (Å²) in [6.45, 7) is 6.92. The van der Waals surface area contributed by atoms with Crippen LogP contribution in [0.2, 0.25) is 0 Å². The smallest absolute Gasteiger partial charge is 0.219 e. The van der Waals surface area contributed by atoms with Crippen molar-refractivity contribution in [2.24, 2.45) is 5.41 Å². The molecule has 0 aromatic heterocycles. The van der Waals surface area contributed by atoms with Crippen LogP contribution in [-0.2, 0) is 11.3 Å². The molecule has 4 heteroatoms. The predicted octanol–water partition coefficient (Wildman–Crippen LogP) is 2.59. The Morgan fingerprint density at radius 1 is 1.13 bits per heavy atom. The molecule has 0 aliphatic carbocycles. The van der Waals surface area contributed by atoms with Crippen molar-refractivity contribution in [2.75, 3.05) is 45.2 Å². The lowest BCUT2D eigenvalue weighted by Crippen LogP contribution is -2.46. The maximum Gasteiger partial charge on any atom is 0.219 e. The van der Waals surface area contributed by atoms with Gasteiger partial charge in [-0.2, -0.15) is 0 Å². The summed E-state index contributed by atoms with van der Waals surface area (Å²) in [4.78, 5) is 18.5. The third kappa shape index (κ3) is 3.69. The molecule has 2 saturated heterocycles. The van der Waals surface area contributed by atoms with Crippen LogP contribution in [0, 0.1) is 5.41 Å². The quantitative estimate of drug-likeness (QED) is 0.858. The molecule has 1 aromatic rings. The minimum absolute atomic E-state index is 0.238. The van der Waals surface area contributed by atoms with E-state index < -0.39 is 0 Å². The maximum atomic E-state index is 11.7. The average Bonchev–Trinajstić information content (AvgIpc) is 2.90. The SMILES string of the molecule is CC(=O)N1CCC[C@@]2(CCN(Cc3ccc(N(C)C)cc3)C2)C1. The number of hydrogen-bond acceptors (Lipinski definition) is 3. The van der Waals surface area contributed by atoms with Crippen molar-refractivity contribution >= 4 is 11.6 Å². The molecule has 1 aromatic carbocycles. The molecule has 3 rings (SSSR count). The van der Waals surface area contributed by atoms with Crippen LogP contribution < -0.4 is 4.90 Å². The highest BCUT2D eigenvalue weighted by Crippen LogP contribution is 2.39. The van der Waals surface area contributed by atoms with E-state index in [0.717, 1.165) is 39.1 Å². The Morgan fingerprint density at radius 3 is 2.52 bits per heavy atom. The molecule has 1 amide bonds. The van der Waals surface area contributed by atoms with Crippen molar-refractivity contribution in [3.63, 3.8) is 0 Å². The third-order valence-electron chi connectivity index (χ3n) is 5.48. The molecule has 0 saturated carbocycles. The summed E-state index contributed by atoms with van der Waals surface area (Å²) in [6, 6.07) is 8.87. The third-order valence-corrected chi connectivity index (χ3v) is 5.48. The lowest BCUT2D eigenvalue weighted by atomic mass is 9.79. The molecular formula is C19H29N3O. The van der Waals surface area contributed by atoms with Crippen LogP contribution in [0.25, 0.3) is 0 Å². The Bertz CT molecular complexity index is 554. The van der Waals surface area contributed by atoms with E-state index in [4.69, 9.17) is 0 Å². The van der Waals surface area contributed by atoms with Gasteiger partial charge in [-0.1, -0.05) is 12.1 Å². The number of carbonyl (C=O) groups excluding carboxylic acids is 1. The molecular weight excluding hydrogens is 286 g/mol. The molecule has 0 unspecified atom stereocenters. The van der Waals surface area contributed by atoms with Gasteiger partial charge in [0, 0.05) is 58.3 Å². The molecule has 23 heavy (non-hydrogen) atoms. The fourth-order valence-electron chi connectivity index (χ4n) is 4.13. The number of carbonyl (C=O) groups is 1. The molecule has 2 heterocycles. The van der Waals surface area contributed by atoms with Crippen LogP contribution in [0.3, 0.4) is 0 Å². The van der Waals surface area contributed by atoms with E-state index in [1.807, 2.05) is 0 Å². The highest BCUT2D eigenvalue weighted by atomic mass is 16.2. The Morgan fingerprint density at radius 2 is 1.87 bits per heavy atom. The molecule has 2 fully saturated rings. The molecule has 126 valence electrons. The first-order chi connectivity index (χ1) is 11.0. The molecule has 4 nitrogen and oxygen atoms in total. The Balaban J connectivity index is 1.60. The monoisotopic (exact) mass is 315 g/mol. The van der Waals surface area contributed by atoms with E-state index in [1.165, 1.54) is 24.1 Å². The van der Waals surface area contributed by atoms with E-state index in [-0.39, 0.29) is 5.91 Å². The summed E-state index contributed by atoms with van der Waals surface area (Å²) in [7, 11) is 4.15. The zero-order valence-corrected chi connectivity index (χ0v) is 14.7. The van der Waals surface area contributed by atoms with E-state index in [1.54, 1.807) is 6.92 Å². The number of anilines is 1. The first kappa shape index (κ1) is 16.3. The van der Waals surface area contributed by atoms with Crippen LogP contribution >= 0.6 is 0 Å². The van der Waals surface area contributed by atoms with Crippen LogP contribution in [-0.4, -0.2) is 56.0 Å².